The minimum atomic E-state index is -1.06. The molecule has 1 aromatic heterocycles. The zero-order valence-electron chi connectivity index (χ0n) is 18.1. The second-order valence-electron chi connectivity index (χ2n) is 7.65. The predicted octanol–water partition coefficient (Wildman–Crippen LogP) is 2.97. The van der Waals surface area contributed by atoms with Crippen LogP contribution in [0.1, 0.15) is 67.8 Å². The molecule has 1 aliphatic heterocycles. The number of aromatic nitrogens is 1. The molecule has 1 aromatic carbocycles. The Morgan fingerprint density at radius 1 is 1.19 bits per heavy atom. The number of rotatable bonds is 7. The van der Waals surface area contributed by atoms with Crippen LogP contribution in [-0.2, 0) is 20.8 Å². The molecule has 1 fully saturated rings. The van der Waals surface area contributed by atoms with Crippen LogP contribution in [0.5, 0.6) is 0 Å². The lowest BCUT2D eigenvalue weighted by atomic mass is 10.1. The number of likely N-dealkylation sites (tertiary alicyclic amines) is 1. The van der Waals surface area contributed by atoms with Crippen molar-refractivity contribution in [2.45, 2.75) is 46.3 Å². The van der Waals surface area contributed by atoms with E-state index in [2.05, 4.69) is 4.98 Å². The molecule has 8 nitrogen and oxygen atoms in total. The molecule has 1 atom stereocenters. The highest BCUT2D eigenvalue weighted by molar-refractivity contribution is 6.04. The highest BCUT2D eigenvalue weighted by Gasteiger charge is 2.28. The van der Waals surface area contributed by atoms with Crippen LogP contribution in [0.4, 0.5) is 0 Å². The third-order valence-electron chi connectivity index (χ3n) is 5.43. The first-order chi connectivity index (χ1) is 14.7. The number of aromatic amines is 1. The largest absolute Gasteiger partial charge is 0.465 e. The Bertz CT molecular complexity index is 1040. The van der Waals surface area contributed by atoms with Crippen molar-refractivity contribution in [3.63, 3.8) is 0 Å². The van der Waals surface area contributed by atoms with Crippen molar-refractivity contribution in [1.29, 1.82) is 0 Å². The van der Waals surface area contributed by atoms with Gasteiger partial charge in [0.1, 0.15) is 0 Å². The lowest BCUT2D eigenvalue weighted by Crippen LogP contribution is -2.26. The van der Waals surface area contributed by atoms with E-state index in [1.54, 1.807) is 36.9 Å². The molecule has 0 spiro atoms. The Kier molecular flexibility index (Phi) is 6.58. The lowest BCUT2D eigenvalue weighted by Gasteiger charge is -2.16. The summed E-state index contributed by atoms with van der Waals surface area (Å²) in [4.78, 5) is 53.9. The van der Waals surface area contributed by atoms with E-state index in [0.29, 0.717) is 41.9 Å². The standard InChI is InChI=1S/C23H26N2O6/c1-13-19(23(29)30-4)14(2)24-20(13)21(27)15(3)31-22(28)17-8-5-7-16(11-17)12-25-10-6-9-18(25)26/h5,7-8,11,15,24H,6,9-10,12H2,1-4H3. The van der Waals surface area contributed by atoms with Crippen LogP contribution in [0.25, 0.3) is 0 Å². The Morgan fingerprint density at radius 2 is 1.94 bits per heavy atom. The lowest BCUT2D eigenvalue weighted by molar-refractivity contribution is -0.128. The first-order valence-electron chi connectivity index (χ1n) is 10.1. The molecule has 31 heavy (non-hydrogen) atoms. The normalized spacial score (nSPS) is 14.5. The summed E-state index contributed by atoms with van der Waals surface area (Å²) in [5, 5.41) is 0. The monoisotopic (exact) mass is 426 g/mol. The molecular formula is C23H26N2O6. The van der Waals surface area contributed by atoms with Gasteiger partial charge in [-0.15, -0.1) is 0 Å². The van der Waals surface area contributed by atoms with Crippen molar-refractivity contribution in [3.8, 4) is 0 Å². The van der Waals surface area contributed by atoms with Gasteiger partial charge in [0.15, 0.2) is 6.10 Å². The van der Waals surface area contributed by atoms with Gasteiger partial charge in [0, 0.05) is 25.2 Å². The number of H-pyrrole nitrogens is 1. The molecule has 0 radical (unpaired) electrons. The average Bonchev–Trinajstić information content (AvgIpc) is 3.28. The first kappa shape index (κ1) is 22.3. The highest BCUT2D eigenvalue weighted by atomic mass is 16.5. The molecule has 1 aliphatic rings. The predicted molar refractivity (Wildman–Crippen MR) is 112 cm³/mol. The van der Waals surface area contributed by atoms with Crippen LogP contribution in [0, 0.1) is 13.8 Å². The van der Waals surface area contributed by atoms with Crippen molar-refractivity contribution in [2.24, 2.45) is 0 Å². The number of Topliss-reactive ketones (excluding diaryl/α,β-unsaturated/α-hetero) is 1. The van der Waals surface area contributed by atoms with Crippen LogP contribution >= 0.6 is 0 Å². The van der Waals surface area contributed by atoms with Crippen LogP contribution < -0.4 is 0 Å². The average molecular weight is 426 g/mol. The summed E-state index contributed by atoms with van der Waals surface area (Å²) in [6.45, 7) is 5.94. The van der Waals surface area contributed by atoms with Crippen molar-refractivity contribution in [2.75, 3.05) is 13.7 Å². The smallest absolute Gasteiger partial charge is 0.339 e. The molecule has 2 aromatic rings. The first-order valence-corrected chi connectivity index (χ1v) is 10.1. The number of hydrogen-bond acceptors (Lipinski definition) is 6. The molecule has 1 saturated heterocycles. The molecule has 0 aliphatic carbocycles. The topological polar surface area (TPSA) is 106 Å². The van der Waals surface area contributed by atoms with Crippen molar-refractivity contribution in [3.05, 3.63) is 57.9 Å². The number of benzene rings is 1. The number of nitrogens with one attached hydrogen (secondary N) is 1. The summed E-state index contributed by atoms with van der Waals surface area (Å²) in [6.07, 6.45) is 0.338. The maximum atomic E-state index is 12.8. The number of carbonyl (C=O) groups is 4. The molecule has 2 heterocycles. The number of nitrogens with zero attached hydrogens (tertiary/aromatic N) is 1. The quantitative estimate of drug-likeness (QED) is 0.539. The fourth-order valence-electron chi connectivity index (χ4n) is 3.78. The van der Waals surface area contributed by atoms with Gasteiger partial charge in [-0.3, -0.25) is 9.59 Å². The van der Waals surface area contributed by atoms with Crippen molar-refractivity contribution in [1.82, 2.24) is 9.88 Å². The van der Waals surface area contributed by atoms with Gasteiger partial charge in [-0.1, -0.05) is 12.1 Å². The fraction of sp³-hybridized carbons (Fsp3) is 0.391. The zero-order valence-corrected chi connectivity index (χ0v) is 18.1. The van der Waals surface area contributed by atoms with E-state index in [1.807, 2.05) is 6.07 Å². The molecule has 164 valence electrons. The van der Waals surface area contributed by atoms with E-state index in [-0.39, 0.29) is 11.6 Å². The number of esters is 2. The molecule has 1 N–H and O–H groups in total. The van der Waals surface area contributed by atoms with Gasteiger partial charge in [-0.05, 0) is 50.5 Å². The van der Waals surface area contributed by atoms with E-state index in [1.165, 1.54) is 14.0 Å². The van der Waals surface area contributed by atoms with Crippen molar-refractivity contribution >= 4 is 23.6 Å². The van der Waals surface area contributed by atoms with E-state index >= 15 is 0 Å². The Morgan fingerprint density at radius 3 is 2.58 bits per heavy atom. The van der Waals surface area contributed by atoms with Gasteiger partial charge in [0.2, 0.25) is 11.7 Å². The summed E-state index contributed by atoms with van der Waals surface area (Å²) in [7, 11) is 1.27. The van der Waals surface area contributed by atoms with Crippen LogP contribution in [0.3, 0.4) is 0 Å². The second-order valence-corrected chi connectivity index (χ2v) is 7.65. The third-order valence-corrected chi connectivity index (χ3v) is 5.43. The number of methoxy groups -OCH3 is 1. The van der Waals surface area contributed by atoms with E-state index in [0.717, 1.165) is 12.0 Å². The maximum absolute atomic E-state index is 12.8. The van der Waals surface area contributed by atoms with Gasteiger partial charge in [0.25, 0.3) is 0 Å². The van der Waals surface area contributed by atoms with Gasteiger partial charge < -0.3 is 19.4 Å². The Balaban J connectivity index is 1.71. The number of aryl methyl sites for hydroxylation is 1. The van der Waals surface area contributed by atoms with Crippen LogP contribution in [0.2, 0.25) is 0 Å². The molecule has 3 rings (SSSR count). The fourth-order valence-corrected chi connectivity index (χ4v) is 3.78. The Hall–Kier alpha value is -3.42. The van der Waals surface area contributed by atoms with Crippen LogP contribution in [-0.4, -0.2) is 53.3 Å². The minimum Gasteiger partial charge on any atom is -0.465 e. The zero-order chi connectivity index (χ0) is 22.7. The Labute approximate surface area is 180 Å². The summed E-state index contributed by atoms with van der Waals surface area (Å²) < 4.78 is 10.1. The number of ketones is 1. The molecule has 0 bridgehead atoms. The van der Waals surface area contributed by atoms with Crippen molar-refractivity contribution < 1.29 is 28.7 Å². The summed E-state index contributed by atoms with van der Waals surface area (Å²) in [5.74, 6) is -1.51. The van der Waals surface area contributed by atoms with Gasteiger partial charge in [-0.2, -0.15) is 0 Å². The summed E-state index contributed by atoms with van der Waals surface area (Å²) in [5.41, 5.74) is 2.60. The molecule has 0 saturated carbocycles. The number of hydrogen-bond donors (Lipinski definition) is 1. The summed E-state index contributed by atoms with van der Waals surface area (Å²) in [6, 6.07) is 6.84. The number of ether oxygens (including phenoxy) is 2. The molecular weight excluding hydrogens is 400 g/mol. The molecule has 1 amide bonds. The van der Waals surface area contributed by atoms with Gasteiger partial charge in [0.05, 0.1) is 23.9 Å². The third kappa shape index (κ3) is 4.68. The summed E-state index contributed by atoms with van der Waals surface area (Å²) >= 11 is 0. The van der Waals surface area contributed by atoms with Crippen LogP contribution in [0.15, 0.2) is 24.3 Å². The van der Waals surface area contributed by atoms with Gasteiger partial charge >= 0.3 is 11.9 Å². The second kappa shape index (κ2) is 9.16. The highest BCUT2D eigenvalue weighted by Crippen LogP contribution is 2.21. The molecule has 8 heteroatoms. The number of carbonyl (C=O) groups excluding carboxylic acids is 4. The SMILES string of the molecule is COC(=O)c1c(C)[nH]c(C(=O)C(C)OC(=O)c2cccc(CN3CCCC3=O)c2)c1C. The number of amides is 1. The van der Waals surface area contributed by atoms with E-state index in [4.69, 9.17) is 9.47 Å². The molecule has 1 unspecified atom stereocenters. The maximum Gasteiger partial charge on any atom is 0.339 e. The minimum absolute atomic E-state index is 0.107. The van der Waals surface area contributed by atoms with Gasteiger partial charge in [-0.25, -0.2) is 9.59 Å². The van der Waals surface area contributed by atoms with E-state index in [9.17, 15) is 19.2 Å². The van der Waals surface area contributed by atoms with E-state index < -0.39 is 23.8 Å².